The largest absolute Gasteiger partial charge is 0.491 e. The summed E-state index contributed by atoms with van der Waals surface area (Å²) < 4.78 is 5.81. The Morgan fingerprint density at radius 3 is 2.39 bits per heavy atom. The number of aromatic nitrogens is 2. The fourth-order valence-corrected chi connectivity index (χ4v) is 4.52. The smallest absolute Gasteiger partial charge is 0.269 e. The van der Waals surface area contributed by atoms with Crippen LogP contribution in [0.15, 0.2) is 48.5 Å². The van der Waals surface area contributed by atoms with Gasteiger partial charge in [-0.3, -0.25) is 15.0 Å². The molecule has 36 heavy (non-hydrogen) atoms. The molecule has 1 aromatic heterocycles. The lowest BCUT2D eigenvalue weighted by atomic mass is 10.0. The van der Waals surface area contributed by atoms with E-state index < -0.39 is 6.10 Å². The van der Waals surface area contributed by atoms with E-state index in [1.807, 2.05) is 45.0 Å². The molecule has 0 spiro atoms. The summed E-state index contributed by atoms with van der Waals surface area (Å²) in [7, 11) is 0. The molecule has 0 aliphatic carbocycles. The maximum Gasteiger partial charge on any atom is 0.269 e. The first-order valence-corrected chi connectivity index (χ1v) is 12.2. The van der Waals surface area contributed by atoms with Gasteiger partial charge in [-0.15, -0.1) is 0 Å². The van der Waals surface area contributed by atoms with Crippen LogP contribution in [0.3, 0.4) is 0 Å². The highest BCUT2D eigenvalue weighted by Gasteiger charge is 2.24. The summed E-state index contributed by atoms with van der Waals surface area (Å²) in [5.41, 5.74) is 4.07. The van der Waals surface area contributed by atoms with Gasteiger partial charge in [0.1, 0.15) is 30.1 Å². The number of benzene rings is 2. The van der Waals surface area contributed by atoms with Crippen molar-refractivity contribution in [3.05, 3.63) is 86.9 Å². The van der Waals surface area contributed by atoms with Gasteiger partial charge in [0, 0.05) is 62.5 Å². The molecular weight excluding hydrogens is 458 g/mol. The van der Waals surface area contributed by atoms with E-state index in [0.29, 0.717) is 13.0 Å². The second kappa shape index (κ2) is 11.5. The van der Waals surface area contributed by atoms with Gasteiger partial charge in [-0.2, -0.15) is 0 Å². The predicted octanol–water partition coefficient (Wildman–Crippen LogP) is 3.46. The fourth-order valence-electron chi connectivity index (χ4n) is 4.52. The average molecular weight is 492 g/mol. The minimum Gasteiger partial charge on any atom is -0.491 e. The molecule has 2 aromatic carbocycles. The van der Waals surface area contributed by atoms with E-state index in [1.54, 1.807) is 12.1 Å². The number of nitrogens with zero attached hydrogens (tertiary/aromatic N) is 5. The summed E-state index contributed by atoms with van der Waals surface area (Å²) in [4.78, 5) is 24.5. The van der Waals surface area contributed by atoms with E-state index in [9.17, 15) is 15.2 Å². The summed E-state index contributed by atoms with van der Waals surface area (Å²) in [6.45, 7) is 9.87. The Morgan fingerprint density at radius 1 is 1.03 bits per heavy atom. The van der Waals surface area contributed by atoms with Crippen molar-refractivity contribution in [1.29, 1.82) is 0 Å². The number of ether oxygens (including phenoxy) is 1. The van der Waals surface area contributed by atoms with Crippen LogP contribution in [-0.4, -0.2) is 70.3 Å². The molecule has 1 aliphatic heterocycles. The number of β-amino-alcohol motifs (C(OH)–C–C–N with tert-alkyl or cyclic N) is 1. The van der Waals surface area contributed by atoms with Crippen LogP contribution in [0.25, 0.3) is 0 Å². The third kappa shape index (κ3) is 6.35. The van der Waals surface area contributed by atoms with Crippen molar-refractivity contribution in [2.45, 2.75) is 33.3 Å². The van der Waals surface area contributed by atoms with Crippen molar-refractivity contribution in [3.8, 4) is 5.75 Å². The Hall–Kier alpha value is -3.56. The lowest BCUT2D eigenvalue weighted by molar-refractivity contribution is -0.384. The van der Waals surface area contributed by atoms with Crippen molar-refractivity contribution in [2.24, 2.45) is 0 Å². The first-order chi connectivity index (χ1) is 17.3. The molecule has 1 N–H and O–H groups in total. The summed E-state index contributed by atoms with van der Waals surface area (Å²) in [6.07, 6.45) is 0.0339. The number of rotatable bonds is 9. The van der Waals surface area contributed by atoms with Gasteiger partial charge >= 0.3 is 0 Å². The summed E-state index contributed by atoms with van der Waals surface area (Å²) in [5.74, 6) is 2.44. The molecule has 2 heterocycles. The zero-order valence-electron chi connectivity index (χ0n) is 21.1. The van der Waals surface area contributed by atoms with Gasteiger partial charge in [0.2, 0.25) is 0 Å². The van der Waals surface area contributed by atoms with Crippen LogP contribution in [0.5, 0.6) is 5.75 Å². The topological polar surface area (TPSA) is 105 Å². The standard InChI is InChI=1S/C27H33N5O4/c1-19-6-4-5-7-26(19)36-18-24(33)17-30-12-14-31(15-13-30)27-25(20(2)28-21(3)29-27)16-22-8-10-23(11-9-22)32(34)35/h4-11,24,33H,12-18H2,1-3H3. The maximum absolute atomic E-state index is 11.0. The average Bonchev–Trinajstić information content (AvgIpc) is 2.86. The number of hydrogen-bond donors (Lipinski definition) is 1. The molecule has 1 fully saturated rings. The van der Waals surface area contributed by atoms with E-state index in [1.165, 1.54) is 12.1 Å². The summed E-state index contributed by atoms with van der Waals surface area (Å²) in [5, 5.41) is 21.5. The van der Waals surface area contributed by atoms with Crippen LogP contribution in [0.2, 0.25) is 0 Å². The Labute approximate surface area is 211 Å². The molecule has 9 heteroatoms. The molecule has 1 unspecified atom stereocenters. The van der Waals surface area contributed by atoms with Crippen molar-refractivity contribution >= 4 is 11.5 Å². The first kappa shape index (κ1) is 25.5. The SMILES string of the molecule is Cc1nc(C)c(Cc2ccc([N+](=O)[O-])cc2)c(N2CCN(CC(O)COc3ccccc3C)CC2)n1. The second-order valence-electron chi connectivity index (χ2n) is 9.28. The zero-order valence-corrected chi connectivity index (χ0v) is 21.1. The Bertz CT molecular complexity index is 1190. The van der Waals surface area contributed by atoms with Gasteiger partial charge < -0.3 is 14.7 Å². The van der Waals surface area contributed by atoms with Gasteiger partial charge in [0.05, 0.1) is 4.92 Å². The van der Waals surface area contributed by atoms with Gasteiger partial charge in [0.25, 0.3) is 5.69 Å². The van der Waals surface area contributed by atoms with Crippen LogP contribution in [0.4, 0.5) is 11.5 Å². The van der Waals surface area contributed by atoms with Gasteiger partial charge in [0.15, 0.2) is 0 Å². The minimum absolute atomic E-state index is 0.0819. The molecule has 0 radical (unpaired) electrons. The summed E-state index contributed by atoms with van der Waals surface area (Å²) in [6, 6.07) is 14.5. The monoisotopic (exact) mass is 491 g/mol. The molecule has 1 aliphatic rings. The van der Waals surface area contributed by atoms with E-state index in [2.05, 4.69) is 14.8 Å². The number of nitro groups is 1. The fraction of sp³-hybridized carbons (Fsp3) is 0.407. The lowest BCUT2D eigenvalue weighted by Crippen LogP contribution is -2.49. The zero-order chi connectivity index (χ0) is 25.7. The number of aliphatic hydroxyl groups excluding tert-OH is 1. The summed E-state index contributed by atoms with van der Waals surface area (Å²) >= 11 is 0. The number of aryl methyl sites for hydroxylation is 3. The van der Waals surface area contributed by atoms with Crippen molar-refractivity contribution in [1.82, 2.24) is 14.9 Å². The quantitative estimate of drug-likeness (QED) is 0.358. The Balaban J connectivity index is 1.37. The molecule has 190 valence electrons. The predicted molar refractivity (Wildman–Crippen MR) is 139 cm³/mol. The molecule has 3 aromatic rings. The van der Waals surface area contributed by atoms with Crippen molar-refractivity contribution < 1.29 is 14.8 Å². The van der Waals surface area contributed by atoms with E-state index >= 15 is 0 Å². The maximum atomic E-state index is 11.0. The number of non-ortho nitro benzene ring substituents is 1. The van der Waals surface area contributed by atoms with Crippen molar-refractivity contribution in [3.63, 3.8) is 0 Å². The number of para-hydroxylation sites is 1. The molecular formula is C27H33N5O4. The van der Waals surface area contributed by atoms with Gasteiger partial charge in [-0.05, 0) is 38.0 Å². The molecule has 4 rings (SSSR count). The van der Waals surface area contributed by atoms with Gasteiger partial charge in [-0.25, -0.2) is 9.97 Å². The molecule has 0 bridgehead atoms. The first-order valence-electron chi connectivity index (χ1n) is 12.2. The van der Waals surface area contributed by atoms with Crippen LogP contribution < -0.4 is 9.64 Å². The second-order valence-corrected chi connectivity index (χ2v) is 9.28. The highest BCUT2D eigenvalue weighted by Crippen LogP contribution is 2.26. The Kier molecular flexibility index (Phi) is 8.12. The third-order valence-corrected chi connectivity index (χ3v) is 6.50. The number of anilines is 1. The molecule has 1 atom stereocenters. The van der Waals surface area contributed by atoms with Crippen LogP contribution in [0.1, 0.15) is 28.2 Å². The number of piperazine rings is 1. The molecule has 0 amide bonds. The van der Waals surface area contributed by atoms with E-state index in [-0.39, 0.29) is 17.2 Å². The van der Waals surface area contributed by atoms with Gasteiger partial charge in [-0.1, -0.05) is 30.3 Å². The van der Waals surface area contributed by atoms with Crippen LogP contribution >= 0.6 is 0 Å². The van der Waals surface area contributed by atoms with E-state index in [0.717, 1.165) is 66.0 Å². The Morgan fingerprint density at radius 2 is 1.72 bits per heavy atom. The molecule has 0 saturated carbocycles. The number of nitro benzene ring substituents is 1. The third-order valence-electron chi connectivity index (χ3n) is 6.50. The molecule has 1 saturated heterocycles. The normalized spacial score (nSPS) is 15.1. The van der Waals surface area contributed by atoms with Crippen LogP contribution in [-0.2, 0) is 6.42 Å². The minimum atomic E-state index is -0.572. The number of aliphatic hydroxyl groups is 1. The number of hydrogen-bond acceptors (Lipinski definition) is 8. The lowest BCUT2D eigenvalue weighted by Gasteiger charge is -2.37. The van der Waals surface area contributed by atoms with E-state index in [4.69, 9.17) is 9.72 Å². The van der Waals surface area contributed by atoms with Crippen molar-refractivity contribution in [2.75, 3.05) is 44.2 Å². The molecule has 9 nitrogen and oxygen atoms in total. The highest BCUT2D eigenvalue weighted by atomic mass is 16.6. The highest BCUT2D eigenvalue weighted by molar-refractivity contribution is 5.52. The van der Waals surface area contributed by atoms with Crippen LogP contribution in [0, 0.1) is 30.9 Å².